The monoisotopic (exact) mass is 441 g/mol. The number of benzene rings is 2. The summed E-state index contributed by atoms with van der Waals surface area (Å²) >= 11 is 0. The number of anilines is 1. The van der Waals surface area contributed by atoms with Gasteiger partial charge in [0, 0.05) is 6.07 Å². The van der Waals surface area contributed by atoms with Crippen molar-refractivity contribution >= 4 is 21.4 Å². The topological polar surface area (TPSA) is 107 Å². The van der Waals surface area contributed by atoms with Crippen molar-refractivity contribution in [2.45, 2.75) is 36.2 Å². The molecule has 0 unspecified atom stereocenters. The fourth-order valence-corrected chi connectivity index (χ4v) is 4.10. The highest BCUT2D eigenvalue weighted by atomic mass is 32.2. The van der Waals surface area contributed by atoms with Crippen LogP contribution in [0, 0.1) is 0 Å². The van der Waals surface area contributed by atoms with Crippen molar-refractivity contribution in [2.24, 2.45) is 0 Å². The Balaban J connectivity index is 1.85. The Kier molecular flexibility index (Phi) is 6.55. The first-order valence-electron chi connectivity index (χ1n) is 9.58. The second-order valence-corrected chi connectivity index (χ2v) is 9.04. The second-order valence-electron chi connectivity index (χ2n) is 7.14. The van der Waals surface area contributed by atoms with Crippen molar-refractivity contribution in [3.63, 3.8) is 0 Å². The molecule has 2 aromatic carbocycles. The van der Waals surface area contributed by atoms with Crippen molar-refractivity contribution in [2.75, 3.05) is 12.4 Å². The normalized spacial score (nSPS) is 11.4. The van der Waals surface area contributed by atoms with Crippen LogP contribution in [-0.4, -0.2) is 31.2 Å². The van der Waals surface area contributed by atoms with Gasteiger partial charge in [-0.05, 0) is 41.8 Å². The lowest BCUT2D eigenvalue weighted by Gasteiger charge is -2.11. The van der Waals surface area contributed by atoms with Gasteiger partial charge in [-0.25, -0.2) is 13.1 Å². The first-order chi connectivity index (χ1) is 14.7. The highest BCUT2D eigenvalue weighted by molar-refractivity contribution is 7.91. The Hall–Kier alpha value is -3.46. The van der Waals surface area contributed by atoms with Gasteiger partial charge in [-0.1, -0.05) is 38.1 Å². The summed E-state index contributed by atoms with van der Waals surface area (Å²) in [4.78, 5) is 24.6. The fraction of sp³-hybridized carbons (Fsp3) is 0.227. The lowest BCUT2D eigenvalue weighted by Crippen LogP contribution is -2.30. The Morgan fingerprint density at radius 3 is 2.39 bits per heavy atom. The number of ether oxygens (including phenoxy) is 1. The number of carbonyl (C=O) groups is 1. The molecule has 3 rings (SSSR count). The van der Waals surface area contributed by atoms with E-state index >= 15 is 0 Å². The number of carbonyl (C=O) groups excluding carboxylic acids is 1. The van der Waals surface area contributed by atoms with Crippen LogP contribution in [-0.2, 0) is 21.2 Å². The first kappa shape index (κ1) is 22.2. The molecule has 1 amide bonds. The van der Waals surface area contributed by atoms with Crippen LogP contribution < -0.4 is 15.6 Å². The maximum absolute atomic E-state index is 12.9. The molecule has 3 aromatic rings. The number of amides is 1. The zero-order valence-corrected chi connectivity index (χ0v) is 18.2. The van der Waals surface area contributed by atoms with Gasteiger partial charge in [0.2, 0.25) is 15.7 Å². The lowest BCUT2D eigenvalue weighted by atomic mass is 10.0. The summed E-state index contributed by atoms with van der Waals surface area (Å²) in [7, 11) is -2.48. The largest absolute Gasteiger partial charge is 0.495 e. The summed E-state index contributed by atoms with van der Waals surface area (Å²) in [6.45, 7) is 3.57. The minimum absolute atomic E-state index is 0.0630. The minimum Gasteiger partial charge on any atom is -0.495 e. The highest BCUT2D eigenvalue weighted by Crippen LogP contribution is 2.23. The fourth-order valence-electron chi connectivity index (χ4n) is 2.91. The van der Waals surface area contributed by atoms with E-state index in [0.717, 1.165) is 22.4 Å². The van der Waals surface area contributed by atoms with Crippen LogP contribution in [0.1, 0.15) is 25.3 Å². The van der Waals surface area contributed by atoms with Crippen molar-refractivity contribution in [3.8, 4) is 5.75 Å². The van der Waals surface area contributed by atoms with Crippen LogP contribution in [0.4, 0.5) is 5.69 Å². The molecule has 162 valence electrons. The zero-order valence-electron chi connectivity index (χ0n) is 17.4. The van der Waals surface area contributed by atoms with Gasteiger partial charge in [-0.2, -0.15) is 5.10 Å². The Morgan fingerprint density at radius 1 is 1.06 bits per heavy atom. The standard InChI is InChI=1S/C22H23N3O5S/c1-15(2)16-8-10-17(11-9-16)31(28,29)21-12-13-22(27)25(24-21)14-20(26)23-18-6-4-5-7-19(18)30-3/h4-13,15H,14H2,1-3H3,(H,23,26). The molecule has 0 atom stereocenters. The molecule has 0 bridgehead atoms. The van der Waals surface area contributed by atoms with Crippen LogP contribution in [0.5, 0.6) is 5.75 Å². The summed E-state index contributed by atoms with van der Waals surface area (Å²) in [5.41, 5.74) is 0.839. The van der Waals surface area contributed by atoms with Gasteiger partial charge in [0.25, 0.3) is 5.56 Å². The van der Waals surface area contributed by atoms with Gasteiger partial charge in [-0.15, -0.1) is 0 Å². The predicted octanol–water partition coefficient (Wildman–Crippen LogP) is 2.85. The molecule has 9 heteroatoms. The van der Waals surface area contributed by atoms with E-state index in [9.17, 15) is 18.0 Å². The Bertz CT molecular complexity index is 1250. The summed E-state index contributed by atoms with van der Waals surface area (Å²) in [5.74, 6) is 0.172. The molecule has 1 heterocycles. The number of nitrogens with zero attached hydrogens (tertiary/aromatic N) is 2. The molecule has 1 aromatic heterocycles. The van der Waals surface area contributed by atoms with Crippen LogP contribution in [0.25, 0.3) is 0 Å². The summed E-state index contributed by atoms with van der Waals surface area (Å²) in [6, 6.07) is 15.5. The maximum atomic E-state index is 12.9. The number of rotatable bonds is 7. The third-order valence-electron chi connectivity index (χ3n) is 4.65. The van der Waals surface area contributed by atoms with E-state index in [4.69, 9.17) is 4.74 Å². The van der Waals surface area contributed by atoms with Crippen molar-refractivity contribution < 1.29 is 17.9 Å². The summed E-state index contributed by atoms with van der Waals surface area (Å²) < 4.78 is 31.9. The molecular formula is C22H23N3O5S. The van der Waals surface area contributed by atoms with Gasteiger partial charge >= 0.3 is 0 Å². The van der Waals surface area contributed by atoms with E-state index in [0.29, 0.717) is 11.4 Å². The van der Waals surface area contributed by atoms with E-state index in [1.165, 1.54) is 19.2 Å². The molecule has 0 aliphatic carbocycles. The average Bonchev–Trinajstić information content (AvgIpc) is 2.75. The zero-order chi connectivity index (χ0) is 22.6. The van der Waals surface area contributed by atoms with E-state index in [1.807, 2.05) is 13.8 Å². The van der Waals surface area contributed by atoms with Crippen LogP contribution in [0.3, 0.4) is 0 Å². The number of hydrogen-bond donors (Lipinski definition) is 1. The molecule has 0 aliphatic rings. The molecule has 8 nitrogen and oxygen atoms in total. The van der Waals surface area contributed by atoms with Gasteiger partial charge in [0.1, 0.15) is 12.3 Å². The van der Waals surface area contributed by atoms with E-state index in [-0.39, 0.29) is 15.8 Å². The van der Waals surface area contributed by atoms with Gasteiger partial charge in [-0.3, -0.25) is 9.59 Å². The van der Waals surface area contributed by atoms with Crippen LogP contribution in [0.15, 0.2) is 75.4 Å². The van der Waals surface area contributed by atoms with Gasteiger partial charge < -0.3 is 10.1 Å². The van der Waals surface area contributed by atoms with Crippen molar-refractivity contribution in [1.82, 2.24) is 9.78 Å². The van der Waals surface area contributed by atoms with E-state index in [1.54, 1.807) is 36.4 Å². The van der Waals surface area contributed by atoms with Gasteiger partial charge in [0.05, 0.1) is 17.7 Å². The Labute approximate surface area is 180 Å². The SMILES string of the molecule is COc1ccccc1NC(=O)Cn1nc(S(=O)(=O)c2ccc(C(C)C)cc2)ccc1=O. The number of aromatic nitrogens is 2. The molecule has 31 heavy (non-hydrogen) atoms. The number of nitrogens with one attached hydrogen (secondary N) is 1. The minimum atomic E-state index is -3.95. The molecule has 0 aliphatic heterocycles. The smallest absolute Gasteiger partial charge is 0.267 e. The van der Waals surface area contributed by atoms with Crippen molar-refractivity contribution in [1.29, 1.82) is 0 Å². The quantitative estimate of drug-likeness (QED) is 0.604. The molecule has 0 fully saturated rings. The average molecular weight is 442 g/mol. The molecule has 0 radical (unpaired) electrons. The second kappa shape index (κ2) is 9.13. The van der Waals surface area contributed by atoms with Crippen LogP contribution >= 0.6 is 0 Å². The van der Waals surface area contributed by atoms with E-state index in [2.05, 4.69) is 10.4 Å². The number of hydrogen-bond acceptors (Lipinski definition) is 6. The lowest BCUT2D eigenvalue weighted by molar-refractivity contribution is -0.117. The van der Waals surface area contributed by atoms with Gasteiger partial charge in [0.15, 0.2) is 5.03 Å². The molecule has 0 saturated carbocycles. The van der Waals surface area contributed by atoms with E-state index < -0.39 is 27.8 Å². The number of methoxy groups -OCH3 is 1. The third kappa shape index (κ3) is 5.00. The van der Waals surface area contributed by atoms with Crippen molar-refractivity contribution in [3.05, 3.63) is 76.6 Å². The maximum Gasteiger partial charge on any atom is 0.267 e. The molecule has 1 N–H and O–H groups in total. The summed E-state index contributed by atoms with van der Waals surface area (Å²) in [5, 5.41) is 6.25. The third-order valence-corrected chi connectivity index (χ3v) is 6.31. The molecular weight excluding hydrogens is 418 g/mol. The first-order valence-corrected chi connectivity index (χ1v) is 11.1. The molecule has 0 spiro atoms. The summed E-state index contributed by atoms with van der Waals surface area (Å²) in [6.07, 6.45) is 0. The van der Waals surface area contributed by atoms with Crippen LogP contribution in [0.2, 0.25) is 0 Å². The number of sulfone groups is 1. The number of para-hydroxylation sites is 2. The Morgan fingerprint density at radius 2 is 1.74 bits per heavy atom. The highest BCUT2D eigenvalue weighted by Gasteiger charge is 2.21. The molecule has 0 saturated heterocycles. The predicted molar refractivity (Wildman–Crippen MR) is 116 cm³/mol.